The third kappa shape index (κ3) is 2.59. The van der Waals surface area contributed by atoms with Crippen LogP contribution in [0, 0.1) is 18.7 Å². The van der Waals surface area contributed by atoms with E-state index >= 15 is 0 Å². The van der Waals surface area contributed by atoms with Crippen molar-refractivity contribution < 1.29 is 8.81 Å². The molecule has 2 aromatic rings. The van der Waals surface area contributed by atoms with Crippen LogP contribution in [0.5, 0.6) is 0 Å². The molecule has 0 amide bonds. The van der Waals surface area contributed by atoms with Gasteiger partial charge in [-0.05, 0) is 55.8 Å². The van der Waals surface area contributed by atoms with Gasteiger partial charge < -0.3 is 9.73 Å². The molecule has 0 aliphatic heterocycles. The number of furan rings is 1. The van der Waals surface area contributed by atoms with Gasteiger partial charge in [0.2, 0.25) is 0 Å². The zero-order valence-electron chi connectivity index (χ0n) is 12.4. The molecule has 1 aliphatic rings. The highest BCUT2D eigenvalue weighted by atomic mass is 19.1. The van der Waals surface area contributed by atoms with Crippen LogP contribution in [-0.4, -0.2) is 6.54 Å². The fourth-order valence-corrected chi connectivity index (χ4v) is 2.82. The fourth-order valence-electron chi connectivity index (χ4n) is 2.82. The second kappa shape index (κ2) is 5.21. The molecule has 20 heavy (non-hydrogen) atoms. The predicted octanol–water partition coefficient (Wildman–Crippen LogP) is 4.50. The first-order chi connectivity index (χ1) is 9.56. The number of hydrogen-bond acceptors (Lipinski definition) is 2. The molecule has 1 heterocycles. The van der Waals surface area contributed by atoms with Crippen molar-refractivity contribution in [3.63, 3.8) is 0 Å². The molecule has 0 radical (unpaired) electrons. The van der Waals surface area contributed by atoms with Gasteiger partial charge >= 0.3 is 0 Å². The van der Waals surface area contributed by atoms with Gasteiger partial charge in [-0.1, -0.05) is 13.8 Å². The quantitative estimate of drug-likeness (QED) is 0.869. The van der Waals surface area contributed by atoms with Crippen molar-refractivity contribution in [3.05, 3.63) is 34.8 Å². The smallest absolute Gasteiger partial charge is 0.137 e. The molecule has 0 saturated heterocycles. The number of benzene rings is 1. The molecule has 0 bridgehead atoms. The third-order valence-corrected chi connectivity index (χ3v) is 3.88. The molecular formula is C17H22FNO. The maximum atomic E-state index is 13.7. The van der Waals surface area contributed by atoms with Crippen LogP contribution in [0.15, 0.2) is 16.5 Å². The number of nitrogens with one attached hydrogen (secondary N) is 1. The minimum absolute atomic E-state index is 0.167. The Balaban J connectivity index is 1.98. The van der Waals surface area contributed by atoms with Crippen molar-refractivity contribution in [2.75, 3.05) is 6.54 Å². The number of hydrogen-bond donors (Lipinski definition) is 1. The average molecular weight is 275 g/mol. The monoisotopic (exact) mass is 275 g/mol. The molecule has 1 aliphatic carbocycles. The summed E-state index contributed by atoms with van der Waals surface area (Å²) < 4.78 is 19.7. The van der Waals surface area contributed by atoms with Crippen molar-refractivity contribution in [2.45, 2.75) is 46.1 Å². The lowest BCUT2D eigenvalue weighted by Gasteiger charge is -2.06. The van der Waals surface area contributed by atoms with E-state index in [9.17, 15) is 4.39 Å². The third-order valence-electron chi connectivity index (χ3n) is 3.88. The van der Waals surface area contributed by atoms with E-state index in [1.807, 2.05) is 6.92 Å². The molecule has 0 spiro atoms. The second-order valence-electron chi connectivity index (χ2n) is 6.34. The van der Waals surface area contributed by atoms with Crippen molar-refractivity contribution in [1.29, 1.82) is 0 Å². The Labute approximate surface area is 119 Å². The van der Waals surface area contributed by atoms with Crippen molar-refractivity contribution in [3.8, 4) is 0 Å². The summed E-state index contributed by atoms with van der Waals surface area (Å²) in [5, 5.41) is 4.41. The van der Waals surface area contributed by atoms with Gasteiger partial charge in [-0.3, -0.25) is 0 Å². The van der Waals surface area contributed by atoms with Gasteiger partial charge in [0.05, 0.1) is 6.54 Å². The van der Waals surface area contributed by atoms with Crippen LogP contribution in [0.1, 0.15) is 49.5 Å². The van der Waals surface area contributed by atoms with E-state index in [1.165, 1.54) is 18.4 Å². The lowest BCUT2D eigenvalue weighted by molar-refractivity contribution is 0.480. The zero-order valence-corrected chi connectivity index (χ0v) is 12.4. The van der Waals surface area contributed by atoms with E-state index in [2.05, 4.69) is 19.2 Å². The Kier molecular flexibility index (Phi) is 3.55. The van der Waals surface area contributed by atoms with Gasteiger partial charge in [0.25, 0.3) is 0 Å². The molecule has 1 saturated carbocycles. The van der Waals surface area contributed by atoms with Gasteiger partial charge in [-0.25, -0.2) is 4.39 Å². The van der Waals surface area contributed by atoms with Crippen LogP contribution >= 0.6 is 0 Å². The normalized spacial score (nSPS) is 15.4. The summed E-state index contributed by atoms with van der Waals surface area (Å²) >= 11 is 0. The fraction of sp³-hybridized carbons (Fsp3) is 0.529. The highest BCUT2D eigenvalue weighted by molar-refractivity contribution is 5.86. The summed E-state index contributed by atoms with van der Waals surface area (Å²) in [6, 6.07) is 3.18. The molecule has 1 aromatic carbocycles. The van der Waals surface area contributed by atoms with E-state index in [1.54, 1.807) is 12.1 Å². The predicted molar refractivity (Wildman–Crippen MR) is 79.4 cm³/mol. The highest BCUT2D eigenvalue weighted by Gasteiger charge is 2.31. The molecule has 1 aromatic heterocycles. The maximum Gasteiger partial charge on any atom is 0.137 e. The first-order valence-corrected chi connectivity index (χ1v) is 7.48. The summed E-state index contributed by atoms with van der Waals surface area (Å²) in [5.74, 6) is 2.01. The van der Waals surface area contributed by atoms with E-state index in [0.717, 1.165) is 35.4 Å². The molecule has 3 heteroatoms. The van der Waals surface area contributed by atoms with Gasteiger partial charge in [0.1, 0.15) is 17.2 Å². The van der Waals surface area contributed by atoms with Crippen LogP contribution in [-0.2, 0) is 6.54 Å². The molecule has 108 valence electrons. The van der Waals surface area contributed by atoms with Crippen molar-refractivity contribution >= 4 is 11.0 Å². The average Bonchev–Trinajstić information content (AvgIpc) is 3.12. The van der Waals surface area contributed by atoms with Crippen LogP contribution in [0.4, 0.5) is 4.39 Å². The highest BCUT2D eigenvalue weighted by Crippen LogP contribution is 2.46. The van der Waals surface area contributed by atoms with Crippen molar-refractivity contribution in [1.82, 2.24) is 5.32 Å². The van der Waals surface area contributed by atoms with Gasteiger partial charge in [-0.2, -0.15) is 0 Å². The Bertz CT molecular complexity index is 625. The minimum atomic E-state index is -0.167. The van der Waals surface area contributed by atoms with E-state index < -0.39 is 0 Å². The van der Waals surface area contributed by atoms with Crippen LogP contribution in [0.2, 0.25) is 0 Å². The van der Waals surface area contributed by atoms with E-state index in [-0.39, 0.29) is 5.82 Å². The van der Waals surface area contributed by atoms with Crippen LogP contribution in [0.3, 0.4) is 0 Å². The molecule has 3 rings (SSSR count). The standard InChI is InChI=1S/C17H22FNO/c1-10(2)8-19-9-15-16(12-4-5-12)14-7-13(18)6-11(3)17(14)20-15/h6-7,10,12,19H,4-5,8-9H2,1-3H3. The molecule has 0 atom stereocenters. The van der Waals surface area contributed by atoms with Gasteiger partial charge in [-0.15, -0.1) is 0 Å². The second-order valence-corrected chi connectivity index (χ2v) is 6.34. The van der Waals surface area contributed by atoms with Gasteiger partial charge in [0, 0.05) is 10.9 Å². The first kappa shape index (κ1) is 13.6. The number of fused-ring (bicyclic) bond motifs is 1. The minimum Gasteiger partial charge on any atom is -0.459 e. The number of rotatable bonds is 5. The number of aryl methyl sites for hydroxylation is 1. The Morgan fingerprint density at radius 3 is 2.75 bits per heavy atom. The van der Waals surface area contributed by atoms with Gasteiger partial charge in [0.15, 0.2) is 0 Å². The molecule has 2 nitrogen and oxygen atoms in total. The Morgan fingerprint density at radius 2 is 2.10 bits per heavy atom. The molecule has 1 N–H and O–H groups in total. The summed E-state index contributed by atoms with van der Waals surface area (Å²) in [5.41, 5.74) is 2.98. The van der Waals surface area contributed by atoms with Crippen LogP contribution < -0.4 is 5.32 Å². The van der Waals surface area contributed by atoms with E-state index in [4.69, 9.17) is 4.42 Å². The zero-order chi connectivity index (χ0) is 14.3. The summed E-state index contributed by atoms with van der Waals surface area (Å²) in [7, 11) is 0. The lowest BCUT2D eigenvalue weighted by atomic mass is 10.0. The SMILES string of the molecule is Cc1cc(F)cc2c(C3CC3)c(CNCC(C)C)oc12. The number of halogens is 1. The molecule has 1 fully saturated rings. The van der Waals surface area contributed by atoms with E-state index in [0.29, 0.717) is 11.8 Å². The molecule has 0 unspecified atom stereocenters. The summed E-state index contributed by atoms with van der Waals surface area (Å²) in [6.45, 7) is 7.99. The lowest BCUT2D eigenvalue weighted by Crippen LogP contribution is -2.19. The first-order valence-electron chi connectivity index (χ1n) is 7.48. The Hall–Kier alpha value is -1.35. The largest absolute Gasteiger partial charge is 0.459 e. The topological polar surface area (TPSA) is 25.2 Å². The maximum absolute atomic E-state index is 13.7. The van der Waals surface area contributed by atoms with Crippen LogP contribution in [0.25, 0.3) is 11.0 Å². The summed E-state index contributed by atoms with van der Waals surface area (Å²) in [4.78, 5) is 0. The summed E-state index contributed by atoms with van der Waals surface area (Å²) in [6.07, 6.45) is 2.39. The molecular weight excluding hydrogens is 253 g/mol. The van der Waals surface area contributed by atoms with Crippen molar-refractivity contribution in [2.24, 2.45) is 5.92 Å². The Morgan fingerprint density at radius 1 is 1.35 bits per heavy atom.